The van der Waals surface area contributed by atoms with Gasteiger partial charge in [-0.2, -0.15) is 0 Å². The van der Waals surface area contributed by atoms with Gasteiger partial charge in [0.05, 0.1) is 12.2 Å². The number of likely N-dealkylation sites (tertiary alicyclic amines) is 2. The normalized spacial score (nSPS) is 24.0. The lowest BCUT2D eigenvalue weighted by Crippen LogP contribution is -2.44. The Balaban J connectivity index is 1.59. The van der Waals surface area contributed by atoms with Crippen molar-refractivity contribution in [3.63, 3.8) is 0 Å². The van der Waals surface area contributed by atoms with Crippen molar-refractivity contribution in [3.05, 3.63) is 0 Å². The number of rotatable bonds is 7. The first-order valence-corrected chi connectivity index (χ1v) is 8.98. The lowest BCUT2D eigenvalue weighted by molar-refractivity contribution is -0.0661. The highest BCUT2D eigenvalue weighted by Crippen LogP contribution is 2.21. The van der Waals surface area contributed by atoms with Gasteiger partial charge >= 0.3 is 0 Å². The molecule has 0 aliphatic carbocycles. The van der Waals surface area contributed by atoms with E-state index in [2.05, 4.69) is 35.9 Å². The molecule has 4 heteroatoms. The second-order valence-corrected chi connectivity index (χ2v) is 7.11. The molecule has 21 heavy (non-hydrogen) atoms. The number of hydrogen-bond acceptors (Lipinski definition) is 4. The van der Waals surface area contributed by atoms with Crippen LogP contribution in [0, 0.1) is 5.92 Å². The van der Waals surface area contributed by atoms with E-state index >= 15 is 0 Å². The summed E-state index contributed by atoms with van der Waals surface area (Å²) < 4.78 is 6.36. The summed E-state index contributed by atoms with van der Waals surface area (Å²) in [6.07, 6.45) is 5.88. The summed E-state index contributed by atoms with van der Waals surface area (Å²) in [4.78, 5) is 5.11. The molecule has 2 aliphatic heterocycles. The van der Waals surface area contributed by atoms with Gasteiger partial charge in [-0.15, -0.1) is 0 Å². The summed E-state index contributed by atoms with van der Waals surface area (Å²) in [7, 11) is 0. The highest BCUT2D eigenvalue weighted by atomic mass is 16.5. The van der Waals surface area contributed by atoms with Crippen molar-refractivity contribution in [2.24, 2.45) is 5.92 Å². The monoisotopic (exact) mass is 297 g/mol. The average Bonchev–Trinajstić information content (AvgIpc) is 2.48. The Morgan fingerprint density at radius 1 is 0.952 bits per heavy atom. The van der Waals surface area contributed by atoms with Gasteiger partial charge in [0, 0.05) is 39.4 Å². The van der Waals surface area contributed by atoms with E-state index in [-0.39, 0.29) is 0 Å². The van der Waals surface area contributed by atoms with E-state index in [9.17, 15) is 0 Å². The molecule has 0 atom stereocenters. The molecule has 0 unspecified atom stereocenters. The first-order chi connectivity index (χ1) is 10.2. The average molecular weight is 297 g/mol. The summed E-state index contributed by atoms with van der Waals surface area (Å²) >= 11 is 0. The van der Waals surface area contributed by atoms with Gasteiger partial charge in [0.15, 0.2) is 0 Å². The Morgan fingerprint density at radius 2 is 1.48 bits per heavy atom. The summed E-state index contributed by atoms with van der Waals surface area (Å²) in [5.74, 6) is 0.781. The van der Waals surface area contributed by atoms with Crippen LogP contribution in [-0.2, 0) is 4.74 Å². The maximum absolute atomic E-state index is 6.36. The number of hydrogen-bond donors (Lipinski definition) is 1. The van der Waals surface area contributed by atoms with Crippen LogP contribution in [0.2, 0.25) is 0 Å². The third-order valence-electron chi connectivity index (χ3n) is 4.66. The smallest absolute Gasteiger partial charge is 0.0603 e. The largest absolute Gasteiger partial charge is 0.375 e. The van der Waals surface area contributed by atoms with E-state index in [1.54, 1.807) is 0 Å². The van der Waals surface area contributed by atoms with Crippen LogP contribution in [0.4, 0.5) is 0 Å². The van der Waals surface area contributed by atoms with Crippen molar-refractivity contribution in [1.82, 2.24) is 15.1 Å². The van der Waals surface area contributed by atoms with Crippen LogP contribution < -0.4 is 5.32 Å². The molecular weight excluding hydrogens is 262 g/mol. The molecule has 2 fully saturated rings. The van der Waals surface area contributed by atoms with Crippen molar-refractivity contribution in [2.45, 2.75) is 58.7 Å². The number of piperidine rings is 2. The minimum Gasteiger partial charge on any atom is -0.375 e. The molecule has 0 aromatic heterocycles. The van der Waals surface area contributed by atoms with Crippen molar-refractivity contribution < 1.29 is 4.74 Å². The van der Waals surface area contributed by atoms with Crippen LogP contribution in [0.5, 0.6) is 0 Å². The Kier molecular flexibility index (Phi) is 7.44. The van der Waals surface area contributed by atoms with Gasteiger partial charge in [-0.1, -0.05) is 20.8 Å². The highest BCUT2D eigenvalue weighted by molar-refractivity contribution is 4.77. The number of nitrogens with zero attached hydrogens (tertiary/aromatic N) is 2. The van der Waals surface area contributed by atoms with Crippen LogP contribution >= 0.6 is 0 Å². The van der Waals surface area contributed by atoms with Gasteiger partial charge in [-0.25, -0.2) is 0 Å². The quantitative estimate of drug-likeness (QED) is 0.779. The molecule has 0 radical (unpaired) electrons. The van der Waals surface area contributed by atoms with Crippen molar-refractivity contribution in [1.29, 1.82) is 0 Å². The predicted molar refractivity (Wildman–Crippen MR) is 88.5 cm³/mol. The van der Waals surface area contributed by atoms with Gasteiger partial charge in [0.25, 0.3) is 0 Å². The molecule has 0 aromatic rings. The fourth-order valence-corrected chi connectivity index (χ4v) is 3.49. The lowest BCUT2D eigenvalue weighted by Gasteiger charge is -2.37. The van der Waals surface area contributed by atoms with Crippen LogP contribution in [0.25, 0.3) is 0 Å². The molecule has 0 saturated carbocycles. The molecule has 2 heterocycles. The molecule has 1 N–H and O–H groups in total. The van der Waals surface area contributed by atoms with E-state index in [1.165, 1.54) is 58.4 Å². The van der Waals surface area contributed by atoms with Crippen LogP contribution in [0.15, 0.2) is 0 Å². The second-order valence-electron chi connectivity index (χ2n) is 7.11. The highest BCUT2D eigenvalue weighted by Gasteiger charge is 2.25. The van der Waals surface area contributed by atoms with Crippen LogP contribution in [-0.4, -0.2) is 67.9 Å². The third-order valence-corrected chi connectivity index (χ3v) is 4.66. The van der Waals surface area contributed by atoms with Crippen molar-refractivity contribution in [2.75, 3.05) is 45.9 Å². The Hall–Kier alpha value is -0.160. The molecule has 2 saturated heterocycles. The molecule has 124 valence electrons. The number of ether oxygens (including phenoxy) is 1. The summed E-state index contributed by atoms with van der Waals surface area (Å²) in [5, 5.41) is 3.41. The SMILES string of the molecule is CCNCN1CCC(OC2CCN(CC(C)C)CC2)CC1. The van der Waals surface area contributed by atoms with E-state index < -0.39 is 0 Å². The van der Waals surface area contributed by atoms with E-state index in [0.29, 0.717) is 12.2 Å². The molecule has 0 amide bonds. The first kappa shape index (κ1) is 17.2. The van der Waals surface area contributed by atoms with Gasteiger partial charge in [0.1, 0.15) is 0 Å². The van der Waals surface area contributed by atoms with Gasteiger partial charge in [-0.05, 0) is 38.1 Å². The molecule has 2 rings (SSSR count). The predicted octanol–water partition coefficient (Wildman–Crippen LogP) is 2.15. The first-order valence-electron chi connectivity index (χ1n) is 8.98. The van der Waals surface area contributed by atoms with Gasteiger partial charge in [0.2, 0.25) is 0 Å². The Bertz CT molecular complexity index is 269. The fraction of sp³-hybridized carbons (Fsp3) is 1.00. The minimum absolute atomic E-state index is 0.504. The fourth-order valence-electron chi connectivity index (χ4n) is 3.49. The third kappa shape index (κ3) is 6.23. The van der Waals surface area contributed by atoms with Crippen molar-refractivity contribution >= 4 is 0 Å². The number of nitrogens with one attached hydrogen (secondary N) is 1. The Morgan fingerprint density at radius 3 is 1.95 bits per heavy atom. The molecular formula is C17H35N3O. The second kappa shape index (κ2) is 9.09. The van der Waals surface area contributed by atoms with E-state index in [0.717, 1.165) is 19.1 Å². The maximum atomic E-state index is 6.36. The lowest BCUT2D eigenvalue weighted by atomic mass is 10.0. The molecule has 0 aromatic carbocycles. The topological polar surface area (TPSA) is 27.7 Å². The minimum atomic E-state index is 0.504. The zero-order chi connectivity index (χ0) is 15.1. The summed E-state index contributed by atoms with van der Waals surface area (Å²) in [6, 6.07) is 0. The molecule has 2 aliphatic rings. The summed E-state index contributed by atoms with van der Waals surface area (Å²) in [5.41, 5.74) is 0. The van der Waals surface area contributed by atoms with Gasteiger partial charge < -0.3 is 15.0 Å². The van der Waals surface area contributed by atoms with Gasteiger partial charge in [-0.3, -0.25) is 4.90 Å². The standard InChI is InChI=1S/C17H35N3O/c1-4-18-14-20-11-7-17(8-12-20)21-16-5-9-19(10-6-16)13-15(2)3/h15-18H,4-14H2,1-3H3. The van der Waals surface area contributed by atoms with E-state index in [1.807, 2.05) is 0 Å². The summed E-state index contributed by atoms with van der Waals surface area (Å²) in [6.45, 7) is 14.9. The maximum Gasteiger partial charge on any atom is 0.0603 e. The Labute approximate surface area is 131 Å². The van der Waals surface area contributed by atoms with Crippen LogP contribution in [0.3, 0.4) is 0 Å². The molecule has 0 bridgehead atoms. The zero-order valence-corrected chi connectivity index (χ0v) is 14.3. The molecule has 4 nitrogen and oxygen atoms in total. The zero-order valence-electron chi connectivity index (χ0n) is 14.3. The van der Waals surface area contributed by atoms with Crippen LogP contribution in [0.1, 0.15) is 46.5 Å². The molecule has 0 spiro atoms. The van der Waals surface area contributed by atoms with Crippen molar-refractivity contribution in [3.8, 4) is 0 Å². The van der Waals surface area contributed by atoms with E-state index in [4.69, 9.17) is 4.74 Å².